The number of rotatable bonds is 1. The molecule has 2 aromatic rings. The summed E-state index contributed by atoms with van der Waals surface area (Å²) in [6.07, 6.45) is 0. The average Bonchev–Trinajstić information content (AvgIpc) is 2.41. The van der Waals surface area contributed by atoms with Crippen LogP contribution in [0, 0.1) is 5.53 Å². The number of aromatic nitrogens is 1. The molecular weight excluding hydrogens is 209 g/mol. The van der Waals surface area contributed by atoms with Gasteiger partial charge in [0.15, 0.2) is 0 Å². The SMILES string of the molecule is N=Nn1c(O)c2ccccc2c1O.[K]. The Morgan fingerprint density at radius 3 is 1.86 bits per heavy atom. The first kappa shape index (κ1) is 11.7. The van der Waals surface area contributed by atoms with E-state index in [0.29, 0.717) is 10.8 Å². The van der Waals surface area contributed by atoms with Crippen LogP contribution in [-0.4, -0.2) is 66.3 Å². The molecule has 0 saturated carbocycles. The standard InChI is InChI=1S/C8H7N3O2.K/c9-10-11-7(12)5-3-1-2-4-6(5)8(11)13;/h1-4,9,12-13H;. The number of nitrogens with one attached hydrogen (secondary N) is 1. The smallest absolute Gasteiger partial charge is 0.225 e. The zero-order chi connectivity index (χ0) is 9.42. The molecule has 2 rings (SSSR count). The molecule has 14 heavy (non-hydrogen) atoms. The maximum Gasteiger partial charge on any atom is 0.225 e. The van der Waals surface area contributed by atoms with Gasteiger partial charge in [-0.2, -0.15) is 5.53 Å². The molecule has 5 nitrogen and oxygen atoms in total. The number of fused-ring (bicyclic) bond motifs is 1. The zero-order valence-electron chi connectivity index (χ0n) is 7.60. The summed E-state index contributed by atoms with van der Waals surface area (Å²) in [5, 5.41) is 22.9. The minimum Gasteiger partial charge on any atom is -0.493 e. The Morgan fingerprint density at radius 2 is 1.50 bits per heavy atom. The molecule has 0 aliphatic carbocycles. The first-order chi connectivity index (χ1) is 6.25. The first-order valence-corrected chi connectivity index (χ1v) is 3.65. The summed E-state index contributed by atoms with van der Waals surface area (Å²) in [5.41, 5.74) is 6.73. The van der Waals surface area contributed by atoms with Crippen LogP contribution in [0.5, 0.6) is 11.8 Å². The van der Waals surface area contributed by atoms with Gasteiger partial charge in [0.05, 0.1) is 0 Å². The molecule has 0 fully saturated rings. The summed E-state index contributed by atoms with van der Waals surface area (Å²) in [7, 11) is 0. The zero-order valence-corrected chi connectivity index (χ0v) is 10.7. The number of nitrogens with zero attached hydrogens (tertiary/aromatic N) is 2. The largest absolute Gasteiger partial charge is 0.493 e. The van der Waals surface area contributed by atoms with Crippen LogP contribution >= 0.6 is 0 Å². The third-order valence-electron chi connectivity index (χ3n) is 1.91. The van der Waals surface area contributed by atoms with E-state index < -0.39 is 0 Å². The van der Waals surface area contributed by atoms with Crippen molar-refractivity contribution in [2.75, 3.05) is 0 Å². The molecule has 0 saturated heterocycles. The van der Waals surface area contributed by atoms with Crippen LogP contribution in [0.3, 0.4) is 0 Å². The molecule has 1 radical (unpaired) electrons. The van der Waals surface area contributed by atoms with E-state index in [2.05, 4.69) is 5.22 Å². The molecule has 0 atom stereocenters. The second-order valence-corrected chi connectivity index (χ2v) is 2.60. The molecule has 0 spiro atoms. The minimum absolute atomic E-state index is 0. The van der Waals surface area contributed by atoms with E-state index >= 15 is 0 Å². The Balaban J connectivity index is 0.000000980. The number of aromatic hydroxyl groups is 2. The Bertz CT molecular complexity index is 442. The molecule has 0 amide bonds. The van der Waals surface area contributed by atoms with Crippen LogP contribution < -0.4 is 0 Å². The molecule has 1 aromatic carbocycles. The van der Waals surface area contributed by atoms with Crippen LogP contribution in [0.4, 0.5) is 0 Å². The van der Waals surface area contributed by atoms with Gasteiger partial charge in [-0.1, -0.05) is 17.4 Å². The fourth-order valence-corrected chi connectivity index (χ4v) is 1.30. The summed E-state index contributed by atoms with van der Waals surface area (Å²) in [5.74, 6) is -0.439. The molecule has 1 heterocycles. The van der Waals surface area contributed by atoms with Gasteiger partial charge in [-0.05, 0) is 12.1 Å². The molecule has 1 aromatic heterocycles. The van der Waals surface area contributed by atoms with E-state index in [1.54, 1.807) is 24.3 Å². The number of hydrogen-bond donors (Lipinski definition) is 3. The predicted molar refractivity (Wildman–Crippen MR) is 51.6 cm³/mol. The monoisotopic (exact) mass is 216 g/mol. The van der Waals surface area contributed by atoms with Gasteiger partial charge in [-0.15, -0.1) is 4.68 Å². The first-order valence-electron chi connectivity index (χ1n) is 3.65. The maximum absolute atomic E-state index is 9.46. The molecule has 0 aliphatic rings. The van der Waals surface area contributed by atoms with Crippen molar-refractivity contribution in [2.45, 2.75) is 0 Å². The van der Waals surface area contributed by atoms with Gasteiger partial charge >= 0.3 is 0 Å². The summed E-state index contributed by atoms with van der Waals surface area (Å²) in [6, 6.07) is 6.75. The van der Waals surface area contributed by atoms with Crippen molar-refractivity contribution in [2.24, 2.45) is 5.22 Å². The van der Waals surface area contributed by atoms with E-state index in [1.165, 1.54) is 0 Å². The van der Waals surface area contributed by atoms with Gasteiger partial charge < -0.3 is 10.2 Å². The molecule has 0 bridgehead atoms. The van der Waals surface area contributed by atoms with Gasteiger partial charge in [-0.3, -0.25) is 0 Å². The second-order valence-electron chi connectivity index (χ2n) is 2.60. The Morgan fingerprint density at radius 1 is 1.07 bits per heavy atom. The van der Waals surface area contributed by atoms with Crippen molar-refractivity contribution in [1.82, 2.24) is 4.68 Å². The second kappa shape index (κ2) is 4.41. The summed E-state index contributed by atoms with van der Waals surface area (Å²) in [4.78, 5) is 0. The number of benzene rings is 1. The topological polar surface area (TPSA) is 81.6 Å². The third kappa shape index (κ3) is 1.59. The maximum atomic E-state index is 9.46. The molecule has 3 N–H and O–H groups in total. The third-order valence-corrected chi connectivity index (χ3v) is 1.91. The molecule has 6 heteroatoms. The normalized spacial score (nSPS) is 9.71. The van der Waals surface area contributed by atoms with Gasteiger partial charge in [0.2, 0.25) is 11.8 Å². The predicted octanol–water partition coefficient (Wildman–Crippen LogP) is 1.47. The van der Waals surface area contributed by atoms with Gasteiger partial charge in [-0.25, -0.2) is 0 Å². The van der Waals surface area contributed by atoms with Crippen LogP contribution in [-0.2, 0) is 0 Å². The van der Waals surface area contributed by atoms with E-state index in [0.717, 1.165) is 4.68 Å². The Hall–Kier alpha value is -0.404. The van der Waals surface area contributed by atoms with Crippen molar-refractivity contribution in [3.05, 3.63) is 24.3 Å². The summed E-state index contributed by atoms with van der Waals surface area (Å²) < 4.78 is 0.769. The minimum atomic E-state index is -0.219. The van der Waals surface area contributed by atoms with E-state index in [9.17, 15) is 10.2 Å². The van der Waals surface area contributed by atoms with Crippen molar-refractivity contribution < 1.29 is 10.2 Å². The summed E-state index contributed by atoms with van der Waals surface area (Å²) in [6.45, 7) is 0. The molecule has 0 unspecified atom stereocenters. The molecule has 67 valence electrons. The fourth-order valence-electron chi connectivity index (χ4n) is 1.30. The van der Waals surface area contributed by atoms with E-state index in [-0.39, 0.29) is 63.1 Å². The van der Waals surface area contributed by atoms with Crippen LogP contribution in [0.15, 0.2) is 29.5 Å². The molecular formula is C8H7KN3O2. The number of hydrogen-bond acceptors (Lipinski definition) is 4. The van der Waals surface area contributed by atoms with Gasteiger partial charge in [0.1, 0.15) is 0 Å². The van der Waals surface area contributed by atoms with Crippen LogP contribution in [0.1, 0.15) is 0 Å². The average molecular weight is 216 g/mol. The van der Waals surface area contributed by atoms with Gasteiger partial charge in [0, 0.05) is 62.2 Å². The van der Waals surface area contributed by atoms with Crippen LogP contribution in [0.2, 0.25) is 0 Å². The fraction of sp³-hybridized carbons (Fsp3) is 0. The van der Waals surface area contributed by atoms with E-state index in [4.69, 9.17) is 5.53 Å². The summed E-state index contributed by atoms with van der Waals surface area (Å²) >= 11 is 0. The van der Waals surface area contributed by atoms with Crippen molar-refractivity contribution in [3.63, 3.8) is 0 Å². The Kier molecular flexibility index (Phi) is 3.68. The quantitative estimate of drug-likeness (QED) is 0.498. The van der Waals surface area contributed by atoms with Crippen molar-refractivity contribution in [3.8, 4) is 11.8 Å². The van der Waals surface area contributed by atoms with Gasteiger partial charge in [0.25, 0.3) is 0 Å². The Labute approximate surface area is 122 Å². The van der Waals surface area contributed by atoms with Crippen molar-refractivity contribution in [1.29, 1.82) is 5.53 Å². The van der Waals surface area contributed by atoms with Crippen molar-refractivity contribution >= 4 is 62.2 Å². The van der Waals surface area contributed by atoms with Crippen LogP contribution in [0.25, 0.3) is 10.8 Å². The van der Waals surface area contributed by atoms with E-state index in [1.807, 2.05) is 0 Å². The molecule has 0 aliphatic heterocycles.